The number of rotatable bonds is 5. The zero-order valence-electron chi connectivity index (χ0n) is 13.8. The van der Waals surface area contributed by atoms with Crippen LogP contribution in [-0.2, 0) is 6.42 Å². The molecular weight excluding hydrogens is 401 g/mol. The maximum Gasteiger partial charge on any atom is 0.272 e. The van der Waals surface area contributed by atoms with Crippen LogP contribution in [0.2, 0.25) is 0 Å². The molecule has 8 heteroatoms. The summed E-state index contributed by atoms with van der Waals surface area (Å²) in [4.78, 5) is 25.2. The summed E-state index contributed by atoms with van der Waals surface area (Å²) in [7, 11) is 0. The SMILES string of the molecule is CCc1cc(NNC(=O)c2cc(Br)ccc2F)nc(-c2ccccn2)n1. The summed E-state index contributed by atoms with van der Waals surface area (Å²) in [5.74, 6) is -0.393. The Morgan fingerprint density at radius 3 is 2.77 bits per heavy atom. The molecule has 0 radical (unpaired) electrons. The number of nitrogens with zero attached hydrogens (tertiary/aromatic N) is 3. The number of hydrogen-bond donors (Lipinski definition) is 2. The number of carbonyl (C=O) groups is 1. The molecule has 2 N–H and O–H groups in total. The van der Waals surface area contributed by atoms with Crippen molar-refractivity contribution in [2.24, 2.45) is 0 Å². The van der Waals surface area contributed by atoms with Crippen LogP contribution in [0.4, 0.5) is 10.2 Å². The van der Waals surface area contributed by atoms with Crippen molar-refractivity contribution in [2.75, 3.05) is 5.43 Å². The van der Waals surface area contributed by atoms with E-state index in [1.807, 2.05) is 13.0 Å². The van der Waals surface area contributed by atoms with Crippen molar-refractivity contribution in [3.05, 3.63) is 70.2 Å². The number of anilines is 1. The van der Waals surface area contributed by atoms with Crippen molar-refractivity contribution in [1.29, 1.82) is 0 Å². The molecule has 0 spiro atoms. The number of hydrogen-bond acceptors (Lipinski definition) is 5. The second-order valence-electron chi connectivity index (χ2n) is 5.34. The summed E-state index contributed by atoms with van der Waals surface area (Å²) >= 11 is 3.22. The summed E-state index contributed by atoms with van der Waals surface area (Å²) in [5, 5.41) is 0. The lowest BCUT2D eigenvalue weighted by molar-refractivity contribution is 0.0958. The smallest absolute Gasteiger partial charge is 0.272 e. The fraction of sp³-hybridized carbons (Fsp3) is 0.111. The van der Waals surface area contributed by atoms with Crippen LogP contribution in [0, 0.1) is 5.82 Å². The molecule has 0 unspecified atom stereocenters. The third-order valence-corrected chi connectivity index (χ3v) is 4.01. The average molecular weight is 416 g/mol. The van der Waals surface area contributed by atoms with Gasteiger partial charge < -0.3 is 0 Å². The predicted molar refractivity (Wildman–Crippen MR) is 99.8 cm³/mol. The van der Waals surface area contributed by atoms with Gasteiger partial charge in [0.1, 0.15) is 17.3 Å². The van der Waals surface area contributed by atoms with E-state index in [0.717, 1.165) is 5.69 Å². The minimum absolute atomic E-state index is 0.0819. The molecule has 1 amide bonds. The van der Waals surface area contributed by atoms with Crippen LogP contribution in [-0.4, -0.2) is 20.9 Å². The molecule has 26 heavy (non-hydrogen) atoms. The molecule has 0 fully saturated rings. The van der Waals surface area contributed by atoms with Gasteiger partial charge in [0.05, 0.1) is 5.56 Å². The van der Waals surface area contributed by atoms with Crippen LogP contribution in [0.25, 0.3) is 11.5 Å². The largest absolute Gasteiger partial charge is 0.281 e. The second kappa shape index (κ2) is 8.01. The van der Waals surface area contributed by atoms with E-state index < -0.39 is 11.7 Å². The molecule has 2 heterocycles. The van der Waals surface area contributed by atoms with Gasteiger partial charge in [-0.05, 0) is 36.8 Å². The van der Waals surface area contributed by atoms with Gasteiger partial charge in [0.2, 0.25) is 0 Å². The molecule has 0 atom stereocenters. The van der Waals surface area contributed by atoms with Gasteiger partial charge in [-0.1, -0.05) is 28.9 Å². The minimum atomic E-state index is -0.612. The number of hydrazine groups is 1. The zero-order valence-corrected chi connectivity index (χ0v) is 15.4. The number of pyridine rings is 1. The van der Waals surface area contributed by atoms with Crippen LogP contribution in [0.3, 0.4) is 0 Å². The standard InChI is InChI=1S/C18H15BrFN5O/c1-2-12-10-16(23-17(22-12)15-5-3-4-8-21-15)24-25-18(26)13-9-11(19)6-7-14(13)20/h3-10H,2H2,1H3,(H,25,26)(H,22,23,24). The Kier molecular flexibility index (Phi) is 5.52. The lowest BCUT2D eigenvalue weighted by Crippen LogP contribution is -2.30. The van der Waals surface area contributed by atoms with Gasteiger partial charge in [-0.25, -0.2) is 14.4 Å². The number of aromatic nitrogens is 3. The van der Waals surface area contributed by atoms with Crippen molar-refractivity contribution in [3.8, 4) is 11.5 Å². The van der Waals surface area contributed by atoms with E-state index in [1.165, 1.54) is 18.2 Å². The summed E-state index contributed by atoms with van der Waals surface area (Å²) in [6, 6.07) is 11.3. The van der Waals surface area contributed by atoms with E-state index >= 15 is 0 Å². The van der Waals surface area contributed by atoms with E-state index in [0.29, 0.717) is 28.2 Å². The fourth-order valence-corrected chi connectivity index (χ4v) is 2.57. The highest BCUT2D eigenvalue weighted by Crippen LogP contribution is 2.17. The lowest BCUT2D eigenvalue weighted by Gasteiger charge is -2.11. The average Bonchev–Trinajstić information content (AvgIpc) is 2.68. The van der Waals surface area contributed by atoms with Crippen molar-refractivity contribution >= 4 is 27.7 Å². The maximum atomic E-state index is 13.8. The van der Waals surface area contributed by atoms with Crippen LogP contribution in [0.15, 0.2) is 53.1 Å². The van der Waals surface area contributed by atoms with E-state index in [-0.39, 0.29) is 5.56 Å². The third kappa shape index (κ3) is 4.20. The first-order valence-electron chi connectivity index (χ1n) is 7.87. The summed E-state index contributed by atoms with van der Waals surface area (Å²) in [6.45, 7) is 1.96. The summed E-state index contributed by atoms with van der Waals surface area (Å²) < 4.78 is 14.4. The van der Waals surface area contributed by atoms with Gasteiger partial charge in [0.15, 0.2) is 5.82 Å². The van der Waals surface area contributed by atoms with Gasteiger partial charge >= 0.3 is 0 Å². The van der Waals surface area contributed by atoms with Crippen LogP contribution >= 0.6 is 15.9 Å². The normalized spacial score (nSPS) is 10.4. The quantitative estimate of drug-likeness (QED) is 0.620. The van der Waals surface area contributed by atoms with E-state index in [9.17, 15) is 9.18 Å². The Labute approximate surface area is 158 Å². The van der Waals surface area contributed by atoms with Crippen molar-refractivity contribution in [1.82, 2.24) is 20.4 Å². The van der Waals surface area contributed by atoms with E-state index in [2.05, 4.69) is 41.7 Å². The second-order valence-corrected chi connectivity index (χ2v) is 6.26. The number of halogens is 2. The first-order valence-corrected chi connectivity index (χ1v) is 8.67. The van der Waals surface area contributed by atoms with E-state index in [4.69, 9.17) is 0 Å². The van der Waals surface area contributed by atoms with Gasteiger partial charge in [0, 0.05) is 22.4 Å². The molecule has 1 aromatic carbocycles. The van der Waals surface area contributed by atoms with Crippen molar-refractivity contribution in [2.45, 2.75) is 13.3 Å². The molecule has 2 aromatic heterocycles. The molecular formula is C18H15BrFN5O. The lowest BCUT2D eigenvalue weighted by atomic mass is 10.2. The number of carbonyl (C=O) groups excluding carboxylic acids is 1. The topological polar surface area (TPSA) is 79.8 Å². The number of amides is 1. The van der Waals surface area contributed by atoms with E-state index in [1.54, 1.807) is 24.4 Å². The fourth-order valence-electron chi connectivity index (χ4n) is 2.21. The van der Waals surface area contributed by atoms with Crippen LogP contribution in [0.1, 0.15) is 23.0 Å². The predicted octanol–water partition coefficient (Wildman–Crippen LogP) is 3.76. The number of benzene rings is 1. The Morgan fingerprint density at radius 2 is 2.04 bits per heavy atom. The van der Waals surface area contributed by atoms with Gasteiger partial charge in [-0.3, -0.25) is 20.6 Å². The summed E-state index contributed by atoms with van der Waals surface area (Å²) in [5.41, 5.74) is 6.49. The summed E-state index contributed by atoms with van der Waals surface area (Å²) in [6.07, 6.45) is 2.34. The Bertz CT molecular complexity index is 936. The molecule has 3 aromatic rings. The molecule has 0 aliphatic carbocycles. The Hall–Kier alpha value is -2.87. The van der Waals surface area contributed by atoms with Gasteiger partial charge in [-0.15, -0.1) is 0 Å². The number of aryl methyl sites for hydroxylation is 1. The highest BCUT2D eigenvalue weighted by Gasteiger charge is 2.13. The first kappa shape index (κ1) is 17.9. The van der Waals surface area contributed by atoms with Gasteiger partial charge in [0.25, 0.3) is 5.91 Å². The molecule has 0 aliphatic heterocycles. The zero-order chi connectivity index (χ0) is 18.5. The monoisotopic (exact) mass is 415 g/mol. The third-order valence-electron chi connectivity index (χ3n) is 3.51. The molecule has 3 rings (SSSR count). The minimum Gasteiger partial charge on any atom is -0.281 e. The van der Waals surface area contributed by atoms with Crippen LogP contribution < -0.4 is 10.9 Å². The van der Waals surface area contributed by atoms with Crippen LogP contribution in [0.5, 0.6) is 0 Å². The Morgan fingerprint density at radius 1 is 1.19 bits per heavy atom. The highest BCUT2D eigenvalue weighted by atomic mass is 79.9. The molecule has 0 saturated heterocycles. The molecule has 0 bridgehead atoms. The molecule has 0 saturated carbocycles. The Balaban J connectivity index is 1.81. The molecule has 0 aliphatic rings. The highest BCUT2D eigenvalue weighted by molar-refractivity contribution is 9.10. The van der Waals surface area contributed by atoms with Gasteiger partial charge in [-0.2, -0.15) is 0 Å². The van der Waals surface area contributed by atoms with Crippen molar-refractivity contribution < 1.29 is 9.18 Å². The first-order chi connectivity index (χ1) is 12.6. The number of nitrogens with one attached hydrogen (secondary N) is 2. The van der Waals surface area contributed by atoms with Crippen molar-refractivity contribution in [3.63, 3.8) is 0 Å². The maximum absolute atomic E-state index is 13.8. The molecule has 6 nitrogen and oxygen atoms in total. The molecule has 132 valence electrons.